The van der Waals surface area contributed by atoms with Crippen LogP contribution in [0.5, 0.6) is 5.75 Å². The molecule has 6 N–H and O–H groups in total. The van der Waals surface area contributed by atoms with Crippen molar-refractivity contribution in [2.45, 2.75) is 24.2 Å². The maximum atomic E-state index is 14.5. The van der Waals surface area contributed by atoms with Gasteiger partial charge >= 0.3 is 0 Å². The maximum absolute atomic E-state index is 14.5. The van der Waals surface area contributed by atoms with Gasteiger partial charge in [-0.1, -0.05) is 42.5 Å². The second-order valence-corrected chi connectivity index (χ2v) is 10.4. The molecule has 0 bridgehead atoms. The summed E-state index contributed by atoms with van der Waals surface area (Å²) in [5, 5.41) is 12.9. The third-order valence-corrected chi connectivity index (χ3v) is 8.27. The van der Waals surface area contributed by atoms with Crippen LogP contribution >= 0.6 is 0 Å². The Labute approximate surface area is 215 Å². The molecule has 0 atom stereocenters. The fraction of sp³-hybridized carbons (Fsp3) is 0.393. The van der Waals surface area contributed by atoms with Gasteiger partial charge in [0.1, 0.15) is 5.75 Å². The Hall–Kier alpha value is -3.59. The predicted molar refractivity (Wildman–Crippen MR) is 138 cm³/mol. The first-order valence-electron chi connectivity index (χ1n) is 12.6. The SMILES string of the molecule is N/C=C(\C=C(/N)c1ccccc1O)N1CCC(C(=O)N2CC3(CNCC3(F)F)C2)(c2ccccc2)CC1. The van der Waals surface area contributed by atoms with Crippen molar-refractivity contribution in [1.29, 1.82) is 0 Å². The molecule has 3 heterocycles. The number of phenolic OH excluding ortho intramolecular Hbond substituents is 1. The number of hydrogen-bond donors (Lipinski definition) is 4. The van der Waals surface area contributed by atoms with Crippen molar-refractivity contribution in [1.82, 2.24) is 15.1 Å². The first-order valence-corrected chi connectivity index (χ1v) is 12.6. The molecule has 2 aromatic rings. The monoisotopic (exact) mass is 509 g/mol. The Balaban J connectivity index is 1.35. The predicted octanol–water partition coefficient (Wildman–Crippen LogP) is 2.59. The van der Waals surface area contributed by atoms with Gasteiger partial charge in [0.15, 0.2) is 0 Å². The molecule has 0 unspecified atom stereocenters. The molecule has 196 valence electrons. The Morgan fingerprint density at radius 3 is 2.22 bits per heavy atom. The van der Waals surface area contributed by atoms with Crippen molar-refractivity contribution in [3.05, 3.63) is 83.7 Å². The van der Waals surface area contributed by atoms with Gasteiger partial charge in [0.25, 0.3) is 5.92 Å². The van der Waals surface area contributed by atoms with Crippen LogP contribution in [0.3, 0.4) is 0 Å². The number of likely N-dealkylation sites (tertiary alicyclic amines) is 2. The molecule has 0 aliphatic carbocycles. The molecule has 3 saturated heterocycles. The highest BCUT2D eigenvalue weighted by atomic mass is 19.3. The quantitative estimate of drug-likeness (QED) is 0.462. The van der Waals surface area contributed by atoms with Gasteiger partial charge in [-0.25, -0.2) is 8.78 Å². The molecule has 2 aromatic carbocycles. The minimum absolute atomic E-state index is 0.0674. The maximum Gasteiger partial charge on any atom is 0.270 e. The number of amides is 1. The van der Waals surface area contributed by atoms with E-state index in [1.54, 1.807) is 35.2 Å². The van der Waals surface area contributed by atoms with E-state index < -0.39 is 16.8 Å². The number of benzene rings is 2. The number of carbonyl (C=O) groups excluding carboxylic acids is 1. The summed E-state index contributed by atoms with van der Waals surface area (Å²) in [6, 6.07) is 16.4. The molecule has 7 nitrogen and oxygen atoms in total. The average Bonchev–Trinajstić information content (AvgIpc) is 3.21. The van der Waals surface area contributed by atoms with Gasteiger partial charge in [-0.2, -0.15) is 0 Å². The van der Waals surface area contributed by atoms with E-state index in [2.05, 4.69) is 10.2 Å². The number of phenols is 1. The van der Waals surface area contributed by atoms with Gasteiger partial charge in [-0.15, -0.1) is 0 Å². The minimum atomic E-state index is -2.81. The lowest BCUT2D eigenvalue weighted by Crippen LogP contribution is -2.69. The van der Waals surface area contributed by atoms with Crippen LogP contribution in [-0.2, 0) is 10.2 Å². The highest BCUT2D eigenvalue weighted by molar-refractivity contribution is 5.89. The number of nitrogens with two attached hydrogens (primary N) is 2. The highest BCUT2D eigenvalue weighted by Crippen LogP contribution is 2.49. The van der Waals surface area contributed by atoms with Crippen molar-refractivity contribution in [3.63, 3.8) is 0 Å². The summed E-state index contributed by atoms with van der Waals surface area (Å²) in [5.74, 6) is -2.82. The van der Waals surface area contributed by atoms with Gasteiger partial charge in [0.2, 0.25) is 5.91 Å². The molecular formula is C28H33F2N5O2. The van der Waals surface area contributed by atoms with E-state index in [0.717, 1.165) is 5.56 Å². The molecule has 0 radical (unpaired) electrons. The summed E-state index contributed by atoms with van der Waals surface area (Å²) in [5.41, 5.74) is 12.7. The minimum Gasteiger partial charge on any atom is -0.507 e. The second-order valence-electron chi connectivity index (χ2n) is 10.4. The number of nitrogens with zero attached hydrogens (tertiary/aromatic N) is 2. The molecule has 0 saturated carbocycles. The second kappa shape index (κ2) is 9.37. The van der Waals surface area contributed by atoms with Crippen molar-refractivity contribution < 1.29 is 18.7 Å². The zero-order valence-corrected chi connectivity index (χ0v) is 20.7. The summed E-state index contributed by atoms with van der Waals surface area (Å²) in [6.45, 7) is 1.09. The van der Waals surface area contributed by atoms with Gasteiger partial charge in [-0.3, -0.25) is 4.79 Å². The third-order valence-electron chi connectivity index (χ3n) is 8.27. The zero-order valence-electron chi connectivity index (χ0n) is 20.7. The van der Waals surface area contributed by atoms with Crippen LogP contribution in [0.4, 0.5) is 8.78 Å². The zero-order chi connectivity index (χ0) is 26.3. The van der Waals surface area contributed by atoms with Crippen LogP contribution in [0.1, 0.15) is 24.0 Å². The van der Waals surface area contributed by atoms with E-state index in [9.17, 15) is 18.7 Å². The van der Waals surface area contributed by atoms with Crippen LogP contribution in [0.2, 0.25) is 0 Å². The smallest absolute Gasteiger partial charge is 0.270 e. The first kappa shape index (κ1) is 25.1. The number of allylic oxidation sites excluding steroid dienone is 1. The number of carbonyl (C=O) groups is 1. The fourth-order valence-electron chi connectivity index (χ4n) is 5.98. The Kier molecular flexibility index (Phi) is 6.35. The normalized spacial score (nSPS) is 22.6. The summed E-state index contributed by atoms with van der Waals surface area (Å²) in [4.78, 5) is 17.6. The Bertz CT molecular complexity index is 1220. The van der Waals surface area contributed by atoms with Crippen LogP contribution in [0.15, 0.2) is 72.6 Å². The average molecular weight is 510 g/mol. The van der Waals surface area contributed by atoms with Crippen LogP contribution in [-0.4, -0.2) is 66.0 Å². The summed E-state index contributed by atoms with van der Waals surface area (Å²) < 4.78 is 29.0. The third kappa shape index (κ3) is 4.21. The lowest BCUT2D eigenvalue weighted by Gasteiger charge is -2.54. The van der Waals surface area contributed by atoms with Crippen molar-refractivity contribution in [2.75, 3.05) is 39.3 Å². The van der Waals surface area contributed by atoms with Gasteiger partial charge in [0, 0.05) is 50.2 Å². The number of aromatic hydroxyl groups is 1. The molecule has 3 fully saturated rings. The Morgan fingerprint density at radius 1 is 0.973 bits per heavy atom. The standard InChI is InChI=1S/C28H33F2N5O2/c29-28(30)17-33-16-26(28)18-35(19-26)25(37)27(20-6-2-1-3-7-20)10-12-34(13-11-27)21(15-31)14-23(32)22-8-4-5-9-24(22)36/h1-9,14-15,33,36H,10-13,16-19,31-32H2/b21-15+,23-14-. The first-order chi connectivity index (χ1) is 17.7. The topological polar surface area (TPSA) is 108 Å². The van der Waals surface area contributed by atoms with E-state index in [0.29, 0.717) is 42.9 Å². The van der Waals surface area contributed by atoms with E-state index in [1.807, 2.05) is 30.3 Å². The number of para-hydroxylation sites is 1. The summed E-state index contributed by atoms with van der Waals surface area (Å²) in [7, 11) is 0. The molecule has 3 aliphatic heterocycles. The molecule has 37 heavy (non-hydrogen) atoms. The molecule has 3 aliphatic rings. The van der Waals surface area contributed by atoms with Crippen molar-refractivity contribution in [2.24, 2.45) is 16.9 Å². The fourth-order valence-corrected chi connectivity index (χ4v) is 5.98. The molecule has 0 aromatic heterocycles. The number of rotatable bonds is 5. The van der Waals surface area contributed by atoms with Gasteiger partial charge in [0.05, 0.1) is 23.1 Å². The summed E-state index contributed by atoms with van der Waals surface area (Å²) in [6.07, 6.45) is 4.21. The van der Waals surface area contributed by atoms with Crippen LogP contribution in [0, 0.1) is 5.41 Å². The molecular weight excluding hydrogens is 476 g/mol. The van der Waals surface area contributed by atoms with E-state index >= 15 is 0 Å². The number of nitrogens with one attached hydrogen (secondary N) is 1. The largest absolute Gasteiger partial charge is 0.507 e. The van der Waals surface area contributed by atoms with Gasteiger partial charge in [-0.05, 0) is 36.6 Å². The summed E-state index contributed by atoms with van der Waals surface area (Å²) >= 11 is 0. The van der Waals surface area contributed by atoms with E-state index in [-0.39, 0.29) is 37.8 Å². The number of alkyl halides is 2. The van der Waals surface area contributed by atoms with Crippen LogP contribution in [0.25, 0.3) is 5.70 Å². The van der Waals surface area contributed by atoms with Crippen molar-refractivity contribution >= 4 is 11.6 Å². The number of piperidine rings is 1. The molecule has 9 heteroatoms. The number of halogens is 2. The van der Waals surface area contributed by atoms with Gasteiger partial charge < -0.3 is 31.7 Å². The van der Waals surface area contributed by atoms with Crippen molar-refractivity contribution in [3.8, 4) is 5.75 Å². The number of hydrogen-bond acceptors (Lipinski definition) is 6. The van der Waals surface area contributed by atoms with Crippen LogP contribution < -0.4 is 16.8 Å². The lowest BCUT2D eigenvalue weighted by molar-refractivity contribution is -0.179. The Morgan fingerprint density at radius 2 is 1.62 bits per heavy atom. The molecule has 5 rings (SSSR count). The van der Waals surface area contributed by atoms with E-state index in [1.165, 1.54) is 6.20 Å². The molecule has 1 spiro atoms. The van der Waals surface area contributed by atoms with E-state index in [4.69, 9.17) is 11.5 Å². The lowest BCUT2D eigenvalue weighted by atomic mass is 9.68. The molecule has 1 amide bonds. The highest BCUT2D eigenvalue weighted by Gasteiger charge is 2.65.